The van der Waals surface area contributed by atoms with E-state index in [2.05, 4.69) is 0 Å². The number of hydrogen-bond donors (Lipinski definition) is 1. The van der Waals surface area contributed by atoms with Crippen molar-refractivity contribution in [2.75, 3.05) is 53.7 Å². The molecule has 0 bridgehead atoms. The van der Waals surface area contributed by atoms with Crippen LogP contribution in [-0.4, -0.2) is 70.1 Å². The minimum atomic E-state index is -1.02. The van der Waals surface area contributed by atoms with Crippen LogP contribution in [0.1, 0.15) is 13.8 Å². The maximum absolute atomic E-state index is 11.7. The Kier molecular flexibility index (Phi) is 8.91. The van der Waals surface area contributed by atoms with Gasteiger partial charge in [0.15, 0.2) is 0 Å². The van der Waals surface area contributed by atoms with E-state index in [0.717, 1.165) is 0 Å². The normalized spacial score (nSPS) is 14.6. The van der Waals surface area contributed by atoms with Crippen LogP contribution in [0, 0.1) is 0 Å². The van der Waals surface area contributed by atoms with Crippen molar-refractivity contribution in [1.82, 2.24) is 4.90 Å². The molecular formula is C12H26N2O4. The molecule has 0 radical (unpaired) electrons. The summed E-state index contributed by atoms with van der Waals surface area (Å²) < 4.78 is 15.0. The number of hydrogen-bond acceptors (Lipinski definition) is 6. The van der Waals surface area contributed by atoms with E-state index in [-0.39, 0.29) is 5.97 Å². The fourth-order valence-electron chi connectivity index (χ4n) is 1.54. The summed E-state index contributed by atoms with van der Waals surface area (Å²) in [7, 11) is 3.28. The van der Waals surface area contributed by atoms with Crippen molar-refractivity contribution < 1.29 is 19.0 Å². The number of ether oxygens (including phenoxy) is 3. The molecule has 2 N–H and O–H groups in total. The van der Waals surface area contributed by atoms with Crippen LogP contribution < -0.4 is 5.73 Å². The Morgan fingerprint density at radius 1 is 1.22 bits per heavy atom. The van der Waals surface area contributed by atoms with E-state index < -0.39 is 5.54 Å². The molecule has 0 rings (SSSR count). The molecule has 0 aliphatic heterocycles. The van der Waals surface area contributed by atoms with Crippen LogP contribution in [0.25, 0.3) is 0 Å². The van der Waals surface area contributed by atoms with Gasteiger partial charge in [0.2, 0.25) is 0 Å². The minimum Gasteiger partial charge on any atom is -0.465 e. The van der Waals surface area contributed by atoms with Crippen molar-refractivity contribution >= 4 is 5.97 Å². The molecule has 18 heavy (non-hydrogen) atoms. The minimum absolute atomic E-state index is 0.335. The molecule has 1 atom stereocenters. The molecular weight excluding hydrogens is 236 g/mol. The van der Waals surface area contributed by atoms with Crippen LogP contribution in [0.2, 0.25) is 0 Å². The summed E-state index contributed by atoms with van der Waals surface area (Å²) in [5, 5.41) is 0. The second-order valence-electron chi connectivity index (χ2n) is 4.40. The highest BCUT2D eigenvalue weighted by atomic mass is 16.5. The highest BCUT2D eigenvalue weighted by Gasteiger charge is 2.32. The Labute approximate surface area is 109 Å². The molecule has 6 nitrogen and oxygen atoms in total. The third-order valence-electron chi connectivity index (χ3n) is 2.52. The van der Waals surface area contributed by atoms with Gasteiger partial charge in [-0.2, -0.15) is 0 Å². The zero-order valence-corrected chi connectivity index (χ0v) is 11.9. The Hall–Kier alpha value is -0.690. The van der Waals surface area contributed by atoms with Gasteiger partial charge in [0, 0.05) is 33.9 Å². The molecule has 108 valence electrons. The number of carbonyl (C=O) groups excluding carboxylic acids is 1. The zero-order chi connectivity index (χ0) is 14.0. The fourth-order valence-corrected chi connectivity index (χ4v) is 1.54. The summed E-state index contributed by atoms with van der Waals surface area (Å²) in [5.41, 5.74) is 4.98. The predicted octanol–water partition coefficient (Wildman–Crippen LogP) is -0.138. The monoisotopic (exact) mass is 262 g/mol. The van der Waals surface area contributed by atoms with Gasteiger partial charge < -0.3 is 19.9 Å². The quantitative estimate of drug-likeness (QED) is 0.552. The molecule has 1 unspecified atom stereocenters. The van der Waals surface area contributed by atoms with Crippen molar-refractivity contribution in [2.45, 2.75) is 19.4 Å². The largest absolute Gasteiger partial charge is 0.465 e. The lowest BCUT2D eigenvalue weighted by Gasteiger charge is -2.30. The molecule has 0 aromatic heterocycles. The Bertz CT molecular complexity index is 226. The van der Waals surface area contributed by atoms with Crippen LogP contribution in [0.4, 0.5) is 0 Å². The fraction of sp³-hybridized carbons (Fsp3) is 0.917. The van der Waals surface area contributed by atoms with Crippen LogP contribution in [0.15, 0.2) is 0 Å². The van der Waals surface area contributed by atoms with Crippen LogP contribution in [-0.2, 0) is 19.0 Å². The van der Waals surface area contributed by atoms with Crippen LogP contribution in [0.5, 0.6) is 0 Å². The summed E-state index contributed by atoms with van der Waals surface area (Å²) in [6.07, 6.45) is 0. The van der Waals surface area contributed by atoms with Gasteiger partial charge in [-0.3, -0.25) is 9.69 Å². The first-order chi connectivity index (χ1) is 8.47. The first kappa shape index (κ1) is 17.3. The van der Waals surface area contributed by atoms with E-state index in [1.54, 1.807) is 28.1 Å². The first-order valence-corrected chi connectivity index (χ1v) is 6.14. The molecule has 0 heterocycles. The van der Waals surface area contributed by atoms with Crippen molar-refractivity contribution in [3.63, 3.8) is 0 Å². The Balaban J connectivity index is 4.37. The topological polar surface area (TPSA) is 74.0 Å². The van der Waals surface area contributed by atoms with Crippen molar-refractivity contribution in [3.8, 4) is 0 Å². The van der Waals surface area contributed by atoms with E-state index >= 15 is 0 Å². The number of nitrogens with two attached hydrogens (primary N) is 1. The van der Waals surface area contributed by atoms with Crippen LogP contribution >= 0.6 is 0 Å². The highest BCUT2D eigenvalue weighted by molar-refractivity contribution is 5.80. The molecule has 0 aromatic carbocycles. The number of nitrogens with zero attached hydrogens (tertiary/aromatic N) is 1. The van der Waals surface area contributed by atoms with Gasteiger partial charge in [-0.15, -0.1) is 0 Å². The number of carbonyl (C=O) groups is 1. The lowest BCUT2D eigenvalue weighted by molar-refractivity contribution is -0.149. The lowest BCUT2D eigenvalue weighted by Crippen LogP contribution is -2.55. The van der Waals surface area contributed by atoms with Gasteiger partial charge in [-0.1, -0.05) is 0 Å². The van der Waals surface area contributed by atoms with Gasteiger partial charge in [-0.25, -0.2) is 0 Å². The molecule has 0 saturated heterocycles. The highest BCUT2D eigenvalue weighted by Crippen LogP contribution is 2.06. The summed E-state index contributed by atoms with van der Waals surface area (Å²) in [6.45, 7) is 6.77. The van der Waals surface area contributed by atoms with Crippen molar-refractivity contribution in [1.29, 1.82) is 0 Å². The third-order valence-corrected chi connectivity index (χ3v) is 2.52. The summed E-state index contributed by atoms with van der Waals surface area (Å²) >= 11 is 0. The summed E-state index contributed by atoms with van der Waals surface area (Å²) in [6, 6.07) is 0. The van der Waals surface area contributed by atoms with Gasteiger partial charge in [0.1, 0.15) is 5.54 Å². The molecule has 6 heteroatoms. The molecule has 0 spiro atoms. The molecule has 0 amide bonds. The van der Waals surface area contributed by atoms with Crippen molar-refractivity contribution in [2.24, 2.45) is 5.73 Å². The predicted molar refractivity (Wildman–Crippen MR) is 69.4 cm³/mol. The summed E-state index contributed by atoms with van der Waals surface area (Å²) in [4.78, 5) is 13.7. The standard InChI is InChI=1S/C12H26N2O4/c1-5-18-11(15)12(2,13)10-14(6-8-16-3)7-9-17-4/h5-10,13H2,1-4H3. The molecule has 0 aromatic rings. The van der Waals surface area contributed by atoms with E-state index in [1.807, 2.05) is 4.90 Å². The number of esters is 1. The van der Waals surface area contributed by atoms with Gasteiger partial charge in [-0.05, 0) is 13.8 Å². The maximum atomic E-state index is 11.7. The lowest BCUT2D eigenvalue weighted by atomic mass is 10.0. The number of methoxy groups -OCH3 is 2. The zero-order valence-electron chi connectivity index (χ0n) is 11.9. The van der Waals surface area contributed by atoms with Gasteiger partial charge in [0.25, 0.3) is 0 Å². The van der Waals surface area contributed by atoms with E-state index in [0.29, 0.717) is 39.5 Å². The van der Waals surface area contributed by atoms with Crippen LogP contribution in [0.3, 0.4) is 0 Å². The molecule has 0 aliphatic carbocycles. The Morgan fingerprint density at radius 3 is 2.11 bits per heavy atom. The van der Waals surface area contributed by atoms with E-state index in [4.69, 9.17) is 19.9 Å². The average Bonchev–Trinajstić information content (AvgIpc) is 2.32. The Morgan fingerprint density at radius 2 is 1.72 bits per heavy atom. The smallest absolute Gasteiger partial charge is 0.327 e. The second-order valence-corrected chi connectivity index (χ2v) is 4.40. The van der Waals surface area contributed by atoms with E-state index in [1.165, 1.54) is 0 Å². The molecule has 0 fully saturated rings. The number of rotatable bonds is 10. The molecule has 0 saturated carbocycles. The van der Waals surface area contributed by atoms with Gasteiger partial charge >= 0.3 is 5.97 Å². The average molecular weight is 262 g/mol. The summed E-state index contributed by atoms with van der Waals surface area (Å²) in [5.74, 6) is -0.384. The third kappa shape index (κ3) is 6.90. The maximum Gasteiger partial charge on any atom is 0.327 e. The van der Waals surface area contributed by atoms with Crippen molar-refractivity contribution in [3.05, 3.63) is 0 Å². The molecule has 0 aliphatic rings. The van der Waals surface area contributed by atoms with Gasteiger partial charge in [0.05, 0.1) is 19.8 Å². The SMILES string of the molecule is CCOC(=O)C(C)(N)CN(CCOC)CCOC. The second kappa shape index (κ2) is 9.27. The first-order valence-electron chi connectivity index (χ1n) is 6.14. The van der Waals surface area contributed by atoms with E-state index in [9.17, 15) is 4.79 Å².